The van der Waals surface area contributed by atoms with Crippen LogP contribution in [-0.2, 0) is 11.3 Å². The number of nitrogens with zero attached hydrogens (tertiary/aromatic N) is 1. The fourth-order valence-corrected chi connectivity index (χ4v) is 3.96. The minimum atomic E-state index is -2.77. The highest BCUT2D eigenvalue weighted by Gasteiger charge is 2.60. The van der Waals surface area contributed by atoms with Gasteiger partial charge in [-0.15, -0.1) is 0 Å². The maximum atomic E-state index is 13.4. The van der Waals surface area contributed by atoms with Crippen LogP contribution < -0.4 is 0 Å². The summed E-state index contributed by atoms with van der Waals surface area (Å²) in [6.07, 6.45) is 1.98. The first-order valence-corrected chi connectivity index (χ1v) is 7.69. The number of likely N-dealkylation sites (tertiary alicyclic amines) is 1. The van der Waals surface area contributed by atoms with Crippen molar-refractivity contribution in [3.8, 4) is 0 Å². The highest BCUT2D eigenvalue weighted by Crippen LogP contribution is 2.59. The van der Waals surface area contributed by atoms with Crippen LogP contribution in [0.5, 0.6) is 0 Å². The quantitative estimate of drug-likeness (QED) is 0.902. The second kappa shape index (κ2) is 5.03. The lowest BCUT2D eigenvalue weighted by atomic mass is 9.89. The lowest BCUT2D eigenvalue weighted by Crippen LogP contribution is -2.28. The zero-order valence-electron chi connectivity index (χ0n) is 12.7. The Bertz CT molecular complexity index is 540. The summed E-state index contributed by atoms with van der Waals surface area (Å²) < 4.78 is 26.8. The molecule has 116 valence electrons. The highest BCUT2D eigenvalue weighted by molar-refractivity contribution is 5.44. The Morgan fingerprint density at radius 2 is 2.19 bits per heavy atom. The molecule has 2 nitrogen and oxygen atoms in total. The van der Waals surface area contributed by atoms with Crippen LogP contribution >= 0.6 is 0 Å². The molecule has 1 N–H and O–H groups in total. The van der Waals surface area contributed by atoms with E-state index in [0.717, 1.165) is 38.5 Å². The highest BCUT2D eigenvalue weighted by atomic mass is 19.3. The maximum Gasteiger partial charge on any atom is 0.270 e. The minimum Gasteiger partial charge on any atom is -0.396 e. The van der Waals surface area contributed by atoms with Crippen molar-refractivity contribution in [2.45, 2.75) is 38.0 Å². The van der Waals surface area contributed by atoms with Gasteiger partial charge in [0.2, 0.25) is 0 Å². The van der Waals surface area contributed by atoms with Gasteiger partial charge in [-0.05, 0) is 42.9 Å². The van der Waals surface area contributed by atoms with Crippen molar-refractivity contribution < 1.29 is 13.9 Å². The summed E-state index contributed by atoms with van der Waals surface area (Å²) in [6.45, 7) is 6.13. The topological polar surface area (TPSA) is 23.5 Å². The molecule has 2 atom stereocenters. The van der Waals surface area contributed by atoms with Crippen LogP contribution in [0.1, 0.15) is 36.5 Å². The molecule has 1 aromatic carbocycles. The zero-order valence-corrected chi connectivity index (χ0v) is 12.7. The first kappa shape index (κ1) is 14.9. The molecule has 1 aliphatic heterocycles. The molecule has 0 aromatic heterocycles. The number of hydrogen-bond acceptors (Lipinski definition) is 2. The molecule has 1 saturated heterocycles. The summed E-state index contributed by atoms with van der Waals surface area (Å²) in [5.74, 6) is -2.12. The molecule has 1 saturated carbocycles. The van der Waals surface area contributed by atoms with E-state index in [1.54, 1.807) is 12.1 Å². The van der Waals surface area contributed by atoms with Crippen LogP contribution in [0.2, 0.25) is 0 Å². The molecule has 0 unspecified atom stereocenters. The van der Waals surface area contributed by atoms with E-state index in [2.05, 4.69) is 4.90 Å². The van der Waals surface area contributed by atoms with Gasteiger partial charge in [-0.25, -0.2) is 8.78 Å². The van der Waals surface area contributed by atoms with Gasteiger partial charge in [0.25, 0.3) is 5.92 Å². The number of rotatable bonds is 5. The molecule has 0 spiro atoms. The average molecular weight is 295 g/mol. The SMILES string of the molecule is Cc1cc(C(C)(F)F)ccc1[C@]12C[C@H]1CN(CCCO)C2. The van der Waals surface area contributed by atoms with E-state index in [9.17, 15) is 8.78 Å². The summed E-state index contributed by atoms with van der Waals surface area (Å²) in [4.78, 5) is 2.40. The van der Waals surface area contributed by atoms with Gasteiger partial charge < -0.3 is 10.0 Å². The largest absolute Gasteiger partial charge is 0.396 e. The standard InChI is InChI=1S/C17H23F2NO/c1-12-8-13(16(2,18)19)4-5-15(12)17-9-14(17)10-20(11-17)6-3-7-21/h4-5,8,14,21H,3,6-7,9-11H2,1-2H3/t14-,17-/m0/s1. The van der Waals surface area contributed by atoms with Gasteiger partial charge in [0, 0.05) is 44.1 Å². The molecule has 0 amide bonds. The van der Waals surface area contributed by atoms with Gasteiger partial charge in [0.05, 0.1) is 0 Å². The Hall–Kier alpha value is -1.00. The number of hydrogen-bond donors (Lipinski definition) is 1. The number of aryl methyl sites for hydroxylation is 1. The second-order valence-corrected chi connectivity index (χ2v) is 6.79. The molecule has 2 aliphatic rings. The van der Waals surface area contributed by atoms with Gasteiger partial charge in [0.15, 0.2) is 0 Å². The van der Waals surface area contributed by atoms with E-state index in [4.69, 9.17) is 5.11 Å². The predicted molar refractivity (Wildman–Crippen MR) is 78.7 cm³/mol. The van der Waals surface area contributed by atoms with Gasteiger partial charge in [0.1, 0.15) is 0 Å². The Balaban J connectivity index is 1.79. The molecule has 21 heavy (non-hydrogen) atoms. The molecule has 2 fully saturated rings. The molecule has 1 heterocycles. The molecular weight excluding hydrogens is 272 g/mol. The van der Waals surface area contributed by atoms with E-state index in [-0.39, 0.29) is 17.6 Å². The number of fused-ring (bicyclic) bond motifs is 1. The van der Waals surface area contributed by atoms with Crippen LogP contribution in [-0.4, -0.2) is 36.2 Å². The number of alkyl halides is 2. The summed E-state index contributed by atoms with van der Waals surface area (Å²) in [5.41, 5.74) is 2.51. The second-order valence-electron chi connectivity index (χ2n) is 6.79. The maximum absolute atomic E-state index is 13.4. The number of halogens is 2. The van der Waals surface area contributed by atoms with Crippen molar-refractivity contribution in [2.75, 3.05) is 26.2 Å². The van der Waals surface area contributed by atoms with Gasteiger partial charge in [-0.2, -0.15) is 0 Å². The summed E-state index contributed by atoms with van der Waals surface area (Å²) >= 11 is 0. The van der Waals surface area contributed by atoms with Crippen LogP contribution in [0.3, 0.4) is 0 Å². The van der Waals surface area contributed by atoms with Crippen molar-refractivity contribution >= 4 is 0 Å². The smallest absolute Gasteiger partial charge is 0.270 e. The molecule has 0 radical (unpaired) electrons. The number of piperidine rings is 1. The Labute approximate surface area is 124 Å². The first-order chi connectivity index (χ1) is 9.87. The van der Waals surface area contributed by atoms with Crippen LogP contribution in [0.25, 0.3) is 0 Å². The summed E-state index contributed by atoms with van der Waals surface area (Å²) in [7, 11) is 0. The lowest BCUT2D eigenvalue weighted by Gasteiger charge is -2.22. The van der Waals surface area contributed by atoms with E-state index < -0.39 is 5.92 Å². The van der Waals surface area contributed by atoms with Gasteiger partial charge in [-0.3, -0.25) is 0 Å². The van der Waals surface area contributed by atoms with E-state index in [1.165, 1.54) is 12.0 Å². The third kappa shape index (κ3) is 2.59. The summed E-state index contributed by atoms with van der Waals surface area (Å²) in [6, 6.07) is 5.15. The van der Waals surface area contributed by atoms with Crippen LogP contribution in [0.15, 0.2) is 18.2 Å². The van der Waals surface area contributed by atoms with E-state index in [0.29, 0.717) is 5.92 Å². The van der Waals surface area contributed by atoms with Crippen molar-refractivity contribution in [1.29, 1.82) is 0 Å². The predicted octanol–water partition coefficient (Wildman–Crippen LogP) is 3.06. The fraction of sp³-hybridized carbons (Fsp3) is 0.647. The number of benzene rings is 1. The Morgan fingerprint density at radius 1 is 1.43 bits per heavy atom. The number of aliphatic hydroxyl groups is 1. The van der Waals surface area contributed by atoms with Gasteiger partial charge in [-0.1, -0.05) is 12.1 Å². The monoisotopic (exact) mass is 295 g/mol. The zero-order chi connectivity index (χ0) is 15.3. The molecule has 0 bridgehead atoms. The third-order valence-corrected chi connectivity index (χ3v) is 5.12. The Kier molecular flexibility index (Phi) is 3.57. The lowest BCUT2D eigenvalue weighted by molar-refractivity contribution is 0.0174. The van der Waals surface area contributed by atoms with Gasteiger partial charge >= 0.3 is 0 Å². The third-order valence-electron chi connectivity index (χ3n) is 5.12. The van der Waals surface area contributed by atoms with E-state index in [1.807, 2.05) is 13.0 Å². The minimum absolute atomic E-state index is 0.104. The fourth-order valence-electron chi connectivity index (χ4n) is 3.96. The summed E-state index contributed by atoms with van der Waals surface area (Å²) in [5, 5.41) is 8.94. The van der Waals surface area contributed by atoms with Crippen molar-refractivity contribution in [2.24, 2.45) is 5.92 Å². The van der Waals surface area contributed by atoms with Crippen molar-refractivity contribution in [3.63, 3.8) is 0 Å². The molecule has 1 aliphatic carbocycles. The van der Waals surface area contributed by atoms with Crippen molar-refractivity contribution in [1.82, 2.24) is 4.90 Å². The molecule has 4 heteroatoms. The van der Waals surface area contributed by atoms with Crippen molar-refractivity contribution in [3.05, 3.63) is 34.9 Å². The average Bonchev–Trinajstić information content (AvgIpc) is 2.98. The molecule has 1 aromatic rings. The van der Waals surface area contributed by atoms with E-state index >= 15 is 0 Å². The first-order valence-electron chi connectivity index (χ1n) is 7.69. The molecule has 3 rings (SSSR count). The van der Waals surface area contributed by atoms with Crippen LogP contribution in [0, 0.1) is 12.8 Å². The van der Waals surface area contributed by atoms with Crippen LogP contribution in [0.4, 0.5) is 8.78 Å². The normalized spacial score (nSPS) is 28.7. The Morgan fingerprint density at radius 3 is 2.81 bits per heavy atom. The number of aliphatic hydroxyl groups excluding tert-OH is 1. The molecular formula is C17H23F2NO.